The van der Waals surface area contributed by atoms with Crippen molar-refractivity contribution in [2.45, 2.75) is 25.7 Å². The van der Waals surface area contributed by atoms with Crippen LogP contribution in [0, 0.1) is 11.8 Å². The fraction of sp³-hybridized carbons (Fsp3) is 0.533. The topological polar surface area (TPSA) is 49.3 Å². The van der Waals surface area contributed by atoms with Gasteiger partial charge < -0.3 is 10.4 Å². The first-order valence-corrected chi connectivity index (χ1v) is 7.23. The molecular formula is C15H20ClNO2. The van der Waals surface area contributed by atoms with Crippen LogP contribution in [0.2, 0.25) is 5.02 Å². The first-order chi connectivity index (χ1) is 9.22. The summed E-state index contributed by atoms with van der Waals surface area (Å²) in [6.45, 7) is 0.835. The third-order valence-electron chi connectivity index (χ3n) is 3.94. The lowest BCUT2D eigenvalue weighted by atomic mass is 9.79. The Hall–Kier alpha value is -1.06. The standard InChI is InChI=1S/C15H20ClNO2/c16-14-8-4-3-7-13(14)15(19)17-9-11-5-1-2-6-12(11)10-18/h3-4,7-8,11-12,18H,1-2,5-6,9-10H2,(H,17,19). The highest BCUT2D eigenvalue weighted by molar-refractivity contribution is 6.33. The number of aliphatic hydroxyl groups is 1. The van der Waals surface area contributed by atoms with E-state index in [0.29, 0.717) is 29.0 Å². The maximum absolute atomic E-state index is 12.0. The van der Waals surface area contributed by atoms with E-state index in [1.165, 1.54) is 12.8 Å². The number of rotatable bonds is 4. The molecule has 0 aromatic heterocycles. The number of hydrogen-bond acceptors (Lipinski definition) is 2. The number of hydrogen-bond donors (Lipinski definition) is 2. The zero-order valence-corrected chi connectivity index (χ0v) is 11.7. The minimum atomic E-state index is -0.132. The summed E-state index contributed by atoms with van der Waals surface area (Å²) >= 11 is 6.00. The Morgan fingerprint density at radius 1 is 1.26 bits per heavy atom. The smallest absolute Gasteiger partial charge is 0.252 e. The Bertz CT molecular complexity index is 436. The molecule has 2 unspecified atom stereocenters. The lowest BCUT2D eigenvalue weighted by molar-refractivity contribution is 0.0909. The number of amides is 1. The molecule has 0 heterocycles. The van der Waals surface area contributed by atoms with Gasteiger partial charge in [-0.15, -0.1) is 0 Å². The molecule has 2 N–H and O–H groups in total. The van der Waals surface area contributed by atoms with Crippen LogP contribution >= 0.6 is 11.6 Å². The molecular weight excluding hydrogens is 262 g/mol. The van der Waals surface area contributed by atoms with Crippen LogP contribution < -0.4 is 5.32 Å². The number of halogens is 1. The molecule has 0 radical (unpaired) electrons. The maximum Gasteiger partial charge on any atom is 0.252 e. The van der Waals surface area contributed by atoms with Crippen molar-refractivity contribution in [3.63, 3.8) is 0 Å². The van der Waals surface area contributed by atoms with Gasteiger partial charge in [-0.05, 0) is 36.8 Å². The summed E-state index contributed by atoms with van der Waals surface area (Å²) in [6.07, 6.45) is 4.50. The lowest BCUT2D eigenvalue weighted by Crippen LogP contribution is -2.35. The average Bonchev–Trinajstić information content (AvgIpc) is 2.45. The Morgan fingerprint density at radius 3 is 2.63 bits per heavy atom. The van der Waals surface area contributed by atoms with Crippen LogP contribution in [-0.2, 0) is 0 Å². The zero-order chi connectivity index (χ0) is 13.7. The van der Waals surface area contributed by atoms with Gasteiger partial charge in [0.1, 0.15) is 0 Å². The first-order valence-electron chi connectivity index (χ1n) is 6.86. The van der Waals surface area contributed by atoms with E-state index >= 15 is 0 Å². The van der Waals surface area contributed by atoms with Crippen molar-refractivity contribution >= 4 is 17.5 Å². The number of benzene rings is 1. The summed E-state index contributed by atoms with van der Waals surface area (Å²) < 4.78 is 0. The first kappa shape index (κ1) is 14.4. The van der Waals surface area contributed by atoms with Crippen LogP contribution in [0.1, 0.15) is 36.0 Å². The second-order valence-corrected chi connectivity index (χ2v) is 5.58. The molecule has 1 amide bonds. The van der Waals surface area contributed by atoms with Crippen molar-refractivity contribution in [1.82, 2.24) is 5.32 Å². The van der Waals surface area contributed by atoms with E-state index in [0.717, 1.165) is 12.8 Å². The lowest BCUT2D eigenvalue weighted by Gasteiger charge is -2.30. The predicted octanol–water partition coefficient (Wildman–Crippen LogP) is 2.87. The molecule has 2 atom stereocenters. The second-order valence-electron chi connectivity index (χ2n) is 5.18. The van der Waals surface area contributed by atoms with Gasteiger partial charge in [0.05, 0.1) is 10.6 Å². The number of carbonyl (C=O) groups excluding carboxylic acids is 1. The maximum atomic E-state index is 12.0. The molecule has 0 spiro atoms. The fourth-order valence-electron chi connectivity index (χ4n) is 2.76. The van der Waals surface area contributed by atoms with Gasteiger partial charge in [0.2, 0.25) is 0 Å². The fourth-order valence-corrected chi connectivity index (χ4v) is 2.98. The predicted molar refractivity (Wildman–Crippen MR) is 76.3 cm³/mol. The molecule has 0 saturated heterocycles. The Balaban J connectivity index is 1.91. The van der Waals surface area contributed by atoms with Gasteiger partial charge in [-0.25, -0.2) is 0 Å². The van der Waals surface area contributed by atoms with E-state index in [4.69, 9.17) is 11.6 Å². The van der Waals surface area contributed by atoms with Gasteiger partial charge >= 0.3 is 0 Å². The quantitative estimate of drug-likeness (QED) is 0.892. The molecule has 3 nitrogen and oxygen atoms in total. The molecule has 1 aliphatic rings. The Labute approximate surface area is 119 Å². The van der Waals surface area contributed by atoms with Gasteiger partial charge in [-0.3, -0.25) is 4.79 Å². The number of aliphatic hydroxyl groups excluding tert-OH is 1. The minimum absolute atomic E-state index is 0.132. The Morgan fingerprint density at radius 2 is 1.95 bits per heavy atom. The summed E-state index contributed by atoms with van der Waals surface area (Å²) in [5, 5.41) is 12.8. The van der Waals surface area contributed by atoms with Crippen molar-refractivity contribution in [3.05, 3.63) is 34.9 Å². The molecule has 4 heteroatoms. The molecule has 0 aliphatic heterocycles. The van der Waals surface area contributed by atoms with Crippen molar-refractivity contribution in [2.75, 3.05) is 13.2 Å². The highest BCUT2D eigenvalue weighted by Gasteiger charge is 2.25. The molecule has 1 fully saturated rings. The zero-order valence-electron chi connectivity index (χ0n) is 10.9. The number of nitrogens with one attached hydrogen (secondary N) is 1. The normalized spacial score (nSPS) is 23.1. The van der Waals surface area contributed by atoms with Crippen molar-refractivity contribution < 1.29 is 9.90 Å². The largest absolute Gasteiger partial charge is 0.396 e. The van der Waals surface area contributed by atoms with Gasteiger partial charge in [-0.1, -0.05) is 36.6 Å². The van der Waals surface area contributed by atoms with Gasteiger partial charge in [-0.2, -0.15) is 0 Å². The van der Waals surface area contributed by atoms with E-state index in [-0.39, 0.29) is 12.5 Å². The van der Waals surface area contributed by atoms with Crippen molar-refractivity contribution in [3.8, 4) is 0 Å². The third kappa shape index (κ3) is 3.71. The Kier molecular flexibility index (Phi) is 5.23. The molecule has 1 aliphatic carbocycles. The summed E-state index contributed by atoms with van der Waals surface area (Å²) in [5.41, 5.74) is 0.514. The summed E-state index contributed by atoms with van der Waals surface area (Å²) in [4.78, 5) is 12.0. The van der Waals surface area contributed by atoms with Crippen LogP contribution in [0.15, 0.2) is 24.3 Å². The van der Waals surface area contributed by atoms with Gasteiger partial charge in [0, 0.05) is 13.2 Å². The summed E-state index contributed by atoms with van der Waals surface area (Å²) in [6, 6.07) is 7.05. The minimum Gasteiger partial charge on any atom is -0.396 e. The van der Waals surface area contributed by atoms with Crippen LogP contribution in [0.25, 0.3) is 0 Å². The molecule has 19 heavy (non-hydrogen) atoms. The average molecular weight is 282 g/mol. The van der Waals surface area contributed by atoms with Crippen LogP contribution in [0.5, 0.6) is 0 Å². The SMILES string of the molecule is O=C(NCC1CCCCC1CO)c1ccccc1Cl. The highest BCUT2D eigenvalue weighted by atomic mass is 35.5. The molecule has 1 aromatic carbocycles. The molecule has 1 aromatic rings. The molecule has 2 rings (SSSR count). The summed E-state index contributed by atoms with van der Waals surface area (Å²) in [7, 11) is 0. The monoisotopic (exact) mass is 281 g/mol. The van der Waals surface area contributed by atoms with E-state index in [9.17, 15) is 9.90 Å². The van der Waals surface area contributed by atoms with Crippen LogP contribution in [-0.4, -0.2) is 24.2 Å². The molecule has 1 saturated carbocycles. The van der Waals surface area contributed by atoms with E-state index in [2.05, 4.69) is 5.32 Å². The highest BCUT2D eigenvalue weighted by Crippen LogP contribution is 2.29. The van der Waals surface area contributed by atoms with E-state index in [1.54, 1.807) is 18.2 Å². The summed E-state index contributed by atoms with van der Waals surface area (Å²) in [5.74, 6) is 0.568. The molecule has 0 bridgehead atoms. The van der Waals surface area contributed by atoms with Gasteiger partial charge in [0.25, 0.3) is 5.91 Å². The van der Waals surface area contributed by atoms with E-state index < -0.39 is 0 Å². The molecule has 104 valence electrons. The van der Waals surface area contributed by atoms with E-state index in [1.807, 2.05) is 6.07 Å². The van der Waals surface area contributed by atoms with Crippen LogP contribution in [0.3, 0.4) is 0 Å². The van der Waals surface area contributed by atoms with Gasteiger partial charge in [0.15, 0.2) is 0 Å². The van der Waals surface area contributed by atoms with Crippen molar-refractivity contribution in [1.29, 1.82) is 0 Å². The number of carbonyl (C=O) groups is 1. The third-order valence-corrected chi connectivity index (χ3v) is 4.27. The van der Waals surface area contributed by atoms with Crippen LogP contribution in [0.4, 0.5) is 0 Å². The second kappa shape index (κ2) is 6.92. The van der Waals surface area contributed by atoms with Crippen molar-refractivity contribution in [2.24, 2.45) is 11.8 Å².